The Morgan fingerprint density at radius 1 is 1.15 bits per heavy atom. The van der Waals surface area contributed by atoms with Gasteiger partial charge in [0.05, 0.1) is 17.6 Å². The summed E-state index contributed by atoms with van der Waals surface area (Å²) in [6.07, 6.45) is 1.03. The molecule has 3 aromatic rings. The average molecular weight is 383 g/mol. The Hall–Kier alpha value is -1.88. The van der Waals surface area contributed by atoms with Gasteiger partial charge in [-0.15, -0.1) is 0 Å². The normalized spacial score (nSPS) is 20.2. The minimum absolute atomic E-state index is 0.123. The highest BCUT2D eigenvalue weighted by molar-refractivity contribution is 6.31. The Morgan fingerprint density at radius 3 is 2.67 bits per heavy atom. The van der Waals surface area contributed by atoms with Gasteiger partial charge in [0.2, 0.25) is 0 Å². The van der Waals surface area contributed by atoms with Gasteiger partial charge in [-0.05, 0) is 35.6 Å². The minimum atomic E-state index is 0.123. The van der Waals surface area contributed by atoms with Gasteiger partial charge in [0.25, 0.3) is 0 Å². The highest BCUT2D eigenvalue weighted by Gasteiger charge is 2.33. The van der Waals surface area contributed by atoms with E-state index in [0.29, 0.717) is 0 Å². The molecule has 0 spiro atoms. The van der Waals surface area contributed by atoms with Crippen LogP contribution in [0.15, 0.2) is 48.5 Å². The van der Waals surface area contributed by atoms with Crippen LogP contribution in [0.25, 0.3) is 11.0 Å². The molecule has 2 heterocycles. The molecule has 0 radical (unpaired) electrons. The lowest BCUT2D eigenvalue weighted by atomic mass is 9.80. The lowest BCUT2D eigenvalue weighted by Gasteiger charge is -2.42. The molecule has 2 N–H and O–H groups in total. The lowest BCUT2D eigenvalue weighted by molar-refractivity contribution is 0.0871. The molecule has 4 rings (SSSR count). The van der Waals surface area contributed by atoms with Crippen molar-refractivity contribution in [2.24, 2.45) is 11.1 Å². The molecule has 1 unspecified atom stereocenters. The zero-order valence-electron chi connectivity index (χ0n) is 16.0. The first-order chi connectivity index (χ1) is 12.9. The molecule has 2 aromatic carbocycles. The van der Waals surface area contributed by atoms with Gasteiger partial charge in [-0.3, -0.25) is 4.90 Å². The first-order valence-corrected chi connectivity index (χ1v) is 9.97. The summed E-state index contributed by atoms with van der Waals surface area (Å²) >= 11 is 6.21. The lowest BCUT2D eigenvalue weighted by Crippen LogP contribution is -2.52. The van der Waals surface area contributed by atoms with Crippen molar-refractivity contribution in [3.8, 4) is 0 Å². The SMILES string of the molecule is CC1(C)CN(Cc2nc3cc(Cl)ccc3n2Cc2ccccc2)CCC1N. The molecule has 27 heavy (non-hydrogen) atoms. The maximum absolute atomic E-state index is 6.32. The van der Waals surface area contributed by atoms with Crippen LogP contribution in [0, 0.1) is 5.41 Å². The van der Waals surface area contributed by atoms with E-state index < -0.39 is 0 Å². The molecule has 142 valence electrons. The fourth-order valence-corrected chi connectivity index (χ4v) is 4.20. The fourth-order valence-electron chi connectivity index (χ4n) is 4.04. The molecule has 0 saturated carbocycles. The van der Waals surface area contributed by atoms with Crippen molar-refractivity contribution < 1.29 is 0 Å². The van der Waals surface area contributed by atoms with Crippen LogP contribution >= 0.6 is 11.6 Å². The second kappa shape index (κ2) is 7.27. The summed E-state index contributed by atoms with van der Waals surface area (Å²) in [4.78, 5) is 7.42. The molecule has 1 aliphatic rings. The first-order valence-electron chi connectivity index (χ1n) is 9.59. The van der Waals surface area contributed by atoms with Crippen molar-refractivity contribution in [2.75, 3.05) is 13.1 Å². The number of halogens is 1. The van der Waals surface area contributed by atoms with Crippen molar-refractivity contribution >= 4 is 22.6 Å². The molecular formula is C22H27ClN4. The molecule has 1 fully saturated rings. The van der Waals surface area contributed by atoms with Crippen LogP contribution in [-0.2, 0) is 13.1 Å². The monoisotopic (exact) mass is 382 g/mol. The van der Waals surface area contributed by atoms with Crippen molar-refractivity contribution in [1.82, 2.24) is 14.5 Å². The molecular weight excluding hydrogens is 356 g/mol. The number of rotatable bonds is 4. The van der Waals surface area contributed by atoms with Crippen LogP contribution in [0.2, 0.25) is 5.02 Å². The van der Waals surface area contributed by atoms with Crippen molar-refractivity contribution in [3.05, 3.63) is 64.9 Å². The third kappa shape index (κ3) is 3.88. The molecule has 0 amide bonds. The van der Waals surface area contributed by atoms with Gasteiger partial charge in [0, 0.05) is 30.7 Å². The highest BCUT2D eigenvalue weighted by atomic mass is 35.5. The zero-order chi connectivity index (χ0) is 19.0. The van der Waals surface area contributed by atoms with Crippen molar-refractivity contribution in [2.45, 2.75) is 39.4 Å². The number of aromatic nitrogens is 2. The van der Waals surface area contributed by atoms with Gasteiger partial charge in [0.15, 0.2) is 0 Å². The summed E-state index contributed by atoms with van der Waals surface area (Å²) < 4.78 is 2.32. The molecule has 5 heteroatoms. The standard InChI is InChI=1S/C22H27ClN4/c1-22(2)15-26(11-10-20(22)24)14-21-25-18-12-17(23)8-9-19(18)27(21)13-16-6-4-3-5-7-16/h3-9,12,20H,10-11,13-15,24H2,1-2H3. The topological polar surface area (TPSA) is 47.1 Å². The molecule has 4 nitrogen and oxygen atoms in total. The maximum atomic E-state index is 6.32. The molecule has 1 aromatic heterocycles. The van der Waals surface area contributed by atoms with Gasteiger partial charge in [-0.25, -0.2) is 4.98 Å². The molecule has 1 atom stereocenters. The van der Waals surface area contributed by atoms with Crippen LogP contribution in [0.1, 0.15) is 31.7 Å². The number of hydrogen-bond donors (Lipinski definition) is 1. The van der Waals surface area contributed by atoms with E-state index in [2.05, 4.69) is 59.7 Å². The van der Waals surface area contributed by atoms with E-state index in [4.69, 9.17) is 22.3 Å². The van der Waals surface area contributed by atoms with Crippen molar-refractivity contribution in [1.29, 1.82) is 0 Å². The quantitative estimate of drug-likeness (QED) is 0.731. The Bertz CT molecular complexity index is 932. The van der Waals surface area contributed by atoms with E-state index in [0.717, 1.165) is 54.5 Å². The number of hydrogen-bond acceptors (Lipinski definition) is 3. The van der Waals surface area contributed by atoms with Crippen LogP contribution in [0.3, 0.4) is 0 Å². The van der Waals surface area contributed by atoms with E-state index >= 15 is 0 Å². The predicted molar refractivity (Wildman–Crippen MR) is 112 cm³/mol. The van der Waals surface area contributed by atoms with Crippen LogP contribution in [-0.4, -0.2) is 33.6 Å². The van der Waals surface area contributed by atoms with Gasteiger partial charge in [0.1, 0.15) is 5.82 Å². The maximum Gasteiger partial charge on any atom is 0.124 e. The van der Waals surface area contributed by atoms with E-state index in [1.807, 2.05) is 12.1 Å². The summed E-state index contributed by atoms with van der Waals surface area (Å²) in [5.74, 6) is 1.09. The Morgan fingerprint density at radius 2 is 1.93 bits per heavy atom. The Kier molecular flexibility index (Phi) is 4.97. The summed E-state index contributed by atoms with van der Waals surface area (Å²) in [6, 6.07) is 16.8. The zero-order valence-corrected chi connectivity index (χ0v) is 16.8. The third-order valence-electron chi connectivity index (χ3n) is 5.73. The molecule has 1 saturated heterocycles. The van der Waals surface area contributed by atoms with Gasteiger partial charge in [-0.1, -0.05) is 55.8 Å². The fraction of sp³-hybridized carbons (Fsp3) is 0.409. The Balaban J connectivity index is 1.68. The smallest absolute Gasteiger partial charge is 0.124 e. The van der Waals surface area contributed by atoms with Gasteiger partial charge < -0.3 is 10.3 Å². The third-order valence-corrected chi connectivity index (χ3v) is 5.96. The summed E-state index contributed by atoms with van der Waals surface area (Å²) in [7, 11) is 0. The molecule has 1 aliphatic heterocycles. The summed E-state index contributed by atoms with van der Waals surface area (Å²) in [5.41, 5.74) is 9.80. The van der Waals surface area contributed by atoms with Crippen LogP contribution in [0.5, 0.6) is 0 Å². The second-order valence-corrected chi connectivity index (χ2v) is 8.76. The predicted octanol–water partition coefficient (Wildman–Crippen LogP) is 4.30. The molecule has 0 bridgehead atoms. The number of fused-ring (bicyclic) bond motifs is 1. The number of piperidine rings is 1. The summed E-state index contributed by atoms with van der Waals surface area (Å²) in [6.45, 7) is 8.16. The number of nitrogens with two attached hydrogens (primary N) is 1. The average Bonchev–Trinajstić information content (AvgIpc) is 2.95. The van der Waals surface area contributed by atoms with Gasteiger partial charge >= 0.3 is 0 Å². The van der Waals surface area contributed by atoms with E-state index in [9.17, 15) is 0 Å². The number of nitrogens with zero attached hydrogens (tertiary/aromatic N) is 3. The number of imidazole rings is 1. The number of likely N-dealkylation sites (tertiary alicyclic amines) is 1. The van der Waals surface area contributed by atoms with E-state index in [1.165, 1.54) is 5.56 Å². The van der Waals surface area contributed by atoms with E-state index in [-0.39, 0.29) is 11.5 Å². The van der Waals surface area contributed by atoms with Crippen LogP contribution in [0.4, 0.5) is 0 Å². The van der Waals surface area contributed by atoms with Crippen LogP contribution < -0.4 is 5.73 Å². The second-order valence-electron chi connectivity index (χ2n) is 8.33. The first kappa shape index (κ1) is 18.5. The van der Waals surface area contributed by atoms with Gasteiger partial charge in [-0.2, -0.15) is 0 Å². The van der Waals surface area contributed by atoms with Crippen molar-refractivity contribution in [3.63, 3.8) is 0 Å². The number of benzene rings is 2. The van der Waals surface area contributed by atoms with E-state index in [1.54, 1.807) is 0 Å². The summed E-state index contributed by atoms with van der Waals surface area (Å²) in [5, 5.41) is 0.725. The minimum Gasteiger partial charge on any atom is -0.327 e. The molecule has 0 aliphatic carbocycles. The highest BCUT2D eigenvalue weighted by Crippen LogP contribution is 2.29. The largest absolute Gasteiger partial charge is 0.327 e. The Labute approximate surface area is 165 Å².